The molecule has 0 aromatic heterocycles. The van der Waals surface area contributed by atoms with Gasteiger partial charge in [-0.3, -0.25) is 29.8 Å². The number of hydrogen-bond acceptors (Lipinski definition) is 6. The number of benzene rings is 6. The second kappa shape index (κ2) is 8.25. The summed E-state index contributed by atoms with van der Waals surface area (Å²) in [7, 11) is 0. The van der Waals surface area contributed by atoms with Gasteiger partial charge in [0.2, 0.25) is 0 Å². The Labute approximate surface area is 236 Å². The molecule has 6 aromatic rings. The van der Waals surface area contributed by atoms with Gasteiger partial charge in [-0.15, -0.1) is 0 Å². The first-order chi connectivity index (χ1) is 20.3. The van der Waals surface area contributed by atoms with E-state index in [9.17, 15) is 29.8 Å². The predicted octanol–water partition coefficient (Wildman–Crippen LogP) is 7.90. The Balaban J connectivity index is 1.50. The number of carbonyl (C=O) groups excluding carboxylic acids is 2. The Morgan fingerprint density at radius 3 is 1.83 bits per heavy atom. The minimum atomic E-state index is -0.541. The van der Waals surface area contributed by atoms with Crippen molar-refractivity contribution < 1.29 is 19.4 Å². The van der Waals surface area contributed by atoms with Gasteiger partial charge >= 0.3 is 0 Å². The molecule has 8 rings (SSSR count). The lowest BCUT2D eigenvalue weighted by molar-refractivity contribution is -0.384. The summed E-state index contributed by atoms with van der Waals surface area (Å²) < 4.78 is 0. The van der Waals surface area contributed by atoms with Crippen LogP contribution in [0.15, 0.2) is 97.1 Å². The Morgan fingerprint density at radius 1 is 0.476 bits per heavy atom. The Morgan fingerprint density at radius 2 is 1.12 bits per heavy atom. The molecule has 0 amide bonds. The van der Waals surface area contributed by atoms with E-state index in [1.807, 2.05) is 24.3 Å². The van der Waals surface area contributed by atoms with Gasteiger partial charge in [0.25, 0.3) is 11.4 Å². The van der Waals surface area contributed by atoms with Gasteiger partial charge in [0, 0.05) is 50.7 Å². The molecule has 2 aliphatic carbocycles. The van der Waals surface area contributed by atoms with Crippen LogP contribution < -0.4 is 0 Å². The molecule has 0 radical (unpaired) electrons. The van der Waals surface area contributed by atoms with E-state index in [0.717, 1.165) is 0 Å². The van der Waals surface area contributed by atoms with Gasteiger partial charge < -0.3 is 0 Å². The van der Waals surface area contributed by atoms with E-state index in [4.69, 9.17) is 0 Å². The molecule has 0 N–H and O–H groups in total. The fourth-order valence-electron chi connectivity index (χ4n) is 6.55. The molecule has 198 valence electrons. The van der Waals surface area contributed by atoms with Crippen LogP contribution in [0.4, 0.5) is 11.4 Å². The summed E-state index contributed by atoms with van der Waals surface area (Å²) in [6.07, 6.45) is 0. The first kappa shape index (κ1) is 23.8. The third-order valence-corrected chi connectivity index (χ3v) is 8.29. The van der Waals surface area contributed by atoms with E-state index in [1.165, 1.54) is 12.1 Å². The van der Waals surface area contributed by atoms with Crippen LogP contribution in [-0.2, 0) is 0 Å². The predicted molar refractivity (Wildman–Crippen MR) is 158 cm³/mol. The van der Waals surface area contributed by atoms with Crippen molar-refractivity contribution in [3.8, 4) is 33.4 Å². The van der Waals surface area contributed by atoms with Crippen LogP contribution in [0, 0.1) is 20.2 Å². The van der Waals surface area contributed by atoms with E-state index >= 15 is 0 Å². The zero-order valence-electron chi connectivity index (χ0n) is 21.6. The summed E-state index contributed by atoms with van der Waals surface area (Å²) in [5.74, 6) is -0.488. The second-order valence-corrected chi connectivity index (χ2v) is 10.4. The fraction of sp³-hybridized carbons (Fsp3) is 0. The first-order valence-electron chi connectivity index (χ1n) is 13.1. The monoisotopic (exact) mass is 548 g/mol. The van der Waals surface area contributed by atoms with Gasteiger partial charge in [0.05, 0.1) is 21.0 Å². The van der Waals surface area contributed by atoms with Gasteiger partial charge in [-0.25, -0.2) is 0 Å². The molecule has 0 aliphatic heterocycles. The molecular formula is C34H16N2O6. The summed E-state index contributed by atoms with van der Waals surface area (Å²) in [4.78, 5) is 50.2. The van der Waals surface area contributed by atoms with Crippen LogP contribution in [0.5, 0.6) is 0 Å². The minimum absolute atomic E-state index is 0.117. The zero-order valence-corrected chi connectivity index (χ0v) is 21.6. The number of carbonyl (C=O) groups is 2. The molecule has 0 spiro atoms. The Bertz CT molecular complexity index is 2300. The molecule has 6 aromatic carbocycles. The molecular weight excluding hydrogens is 532 g/mol. The molecule has 0 saturated carbocycles. The smallest absolute Gasteiger partial charge is 0.285 e. The van der Waals surface area contributed by atoms with E-state index < -0.39 is 9.85 Å². The average molecular weight is 549 g/mol. The van der Waals surface area contributed by atoms with Crippen LogP contribution in [-0.4, -0.2) is 21.4 Å². The molecule has 0 saturated heterocycles. The van der Waals surface area contributed by atoms with Crippen molar-refractivity contribution in [2.45, 2.75) is 0 Å². The molecule has 0 heterocycles. The van der Waals surface area contributed by atoms with Crippen LogP contribution in [0.25, 0.3) is 54.9 Å². The highest BCUT2D eigenvalue weighted by atomic mass is 16.6. The highest BCUT2D eigenvalue weighted by Gasteiger charge is 2.34. The molecule has 0 unspecified atom stereocenters. The fourth-order valence-corrected chi connectivity index (χ4v) is 6.55. The molecule has 8 nitrogen and oxygen atoms in total. The molecule has 0 fully saturated rings. The second-order valence-electron chi connectivity index (χ2n) is 10.4. The van der Waals surface area contributed by atoms with E-state index in [1.54, 1.807) is 60.7 Å². The highest BCUT2D eigenvalue weighted by Crippen LogP contribution is 2.50. The summed E-state index contributed by atoms with van der Waals surface area (Å²) in [5, 5.41) is 27.0. The van der Waals surface area contributed by atoms with Crippen molar-refractivity contribution in [1.29, 1.82) is 0 Å². The summed E-state index contributed by atoms with van der Waals surface area (Å²) in [5.41, 5.74) is 4.16. The lowest BCUT2D eigenvalue weighted by Crippen LogP contribution is -2.12. The lowest BCUT2D eigenvalue weighted by Gasteiger charge is -2.23. The maximum atomic E-state index is 13.4. The largest absolute Gasteiger partial charge is 0.289 e. The van der Waals surface area contributed by atoms with E-state index in [0.29, 0.717) is 71.6 Å². The maximum absolute atomic E-state index is 13.4. The van der Waals surface area contributed by atoms with Crippen molar-refractivity contribution in [3.63, 3.8) is 0 Å². The number of non-ortho nitro benzene ring substituents is 1. The number of hydrogen-bond donors (Lipinski definition) is 0. The van der Waals surface area contributed by atoms with Gasteiger partial charge in [-0.05, 0) is 51.7 Å². The molecule has 42 heavy (non-hydrogen) atoms. The first-order valence-corrected chi connectivity index (χ1v) is 13.1. The topological polar surface area (TPSA) is 120 Å². The number of rotatable bonds is 3. The molecule has 8 heteroatoms. The number of nitro benzene ring substituents is 2. The Kier molecular flexibility index (Phi) is 4.68. The van der Waals surface area contributed by atoms with Crippen LogP contribution in [0.2, 0.25) is 0 Å². The van der Waals surface area contributed by atoms with Crippen LogP contribution in [0.3, 0.4) is 0 Å². The third-order valence-electron chi connectivity index (χ3n) is 8.29. The summed E-state index contributed by atoms with van der Waals surface area (Å²) in [6.45, 7) is 0. The van der Waals surface area contributed by atoms with Crippen molar-refractivity contribution in [1.82, 2.24) is 0 Å². The molecule has 0 bridgehead atoms. The number of fused-ring (bicyclic) bond motifs is 4. The number of nitro groups is 2. The van der Waals surface area contributed by atoms with Crippen molar-refractivity contribution in [2.75, 3.05) is 0 Å². The van der Waals surface area contributed by atoms with Gasteiger partial charge in [-0.2, -0.15) is 0 Å². The SMILES string of the molecule is O=C1c2cc([N+](=O)[O-])ccc2-c2cc(-c3cc4cccc5c4c(c3[N+](=O)[O-])-c3ccccc3C5=O)cc3cccc1c23. The summed E-state index contributed by atoms with van der Waals surface area (Å²) >= 11 is 0. The summed E-state index contributed by atoms with van der Waals surface area (Å²) in [6, 6.07) is 27.1. The minimum Gasteiger partial charge on any atom is -0.289 e. The number of nitrogens with zero attached hydrogens (tertiary/aromatic N) is 2. The van der Waals surface area contributed by atoms with Crippen LogP contribution >= 0.6 is 0 Å². The van der Waals surface area contributed by atoms with E-state index in [2.05, 4.69) is 0 Å². The quantitative estimate of drug-likeness (QED) is 0.163. The molecule has 2 aliphatic rings. The highest BCUT2D eigenvalue weighted by molar-refractivity contribution is 6.29. The Hall–Kier alpha value is -6.02. The van der Waals surface area contributed by atoms with Gasteiger partial charge in [-0.1, -0.05) is 60.7 Å². The van der Waals surface area contributed by atoms with Gasteiger partial charge in [0.15, 0.2) is 11.6 Å². The normalized spacial score (nSPS) is 12.8. The zero-order chi connectivity index (χ0) is 28.9. The number of ketones is 2. The average Bonchev–Trinajstić information content (AvgIpc) is 3.01. The molecule has 0 atom stereocenters. The van der Waals surface area contributed by atoms with Crippen LogP contribution in [0.1, 0.15) is 31.8 Å². The van der Waals surface area contributed by atoms with Gasteiger partial charge in [0.1, 0.15) is 0 Å². The lowest BCUT2D eigenvalue weighted by atomic mass is 9.78. The van der Waals surface area contributed by atoms with Crippen molar-refractivity contribution >= 4 is 44.5 Å². The third kappa shape index (κ3) is 3.06. The van der Waals surface area contributed by atoms with Crippen molar-refractivity contribution in [2.24, 2.45) is 0 Å². The standard InChI is InChI=1S/C34H16N2O6/c37-33-23-8-2-1-7-22(23)31-30-18(6-4-10-25(30)33)14-26(32(31)36(41)42)19-13-17-5-3-9-24-29(17)27(15-19)21-12-11-20(35(39)40)16-28(21)34(24)38/h1-16H. The van der Waals surface area contributed by atoms with E-state index in [-0.39, 0.29) is 28.5 Å². The maximum Gasteiger partial charge on any atom is 0.285 e. The van der Waals surface area contributed by atoms with Crippen molar-refractivity contribution in [3.05, 3.63) is 140 Å².